The molecule has 1 rings (SSSR count). The summed E-state index contributed by atoms with van der Waals surface area (Å²) in [6.07, 6.45) is 1.46. The van der Waals surface area contributed by atoms with Crippen LogP contribution in [0.25, 0.3) is 0 Å². The van der Waals surface area contributed by atoms with E-state index in [2.05, 4.69) is 17.6 Å². The summed E-state index contributed by atoms with van der Waals surface area (Å²) in [5, 5.41) is -0.512. The van der Waals surface area contributed by atoms with Gasteiger partial charge in [0.05, 0.1) is 5.56 Å². The van der Waals surface area contributed by atoms with Crippen molar-refractivity contribution in [2.24, 2.45) is 0 Å². The Morgan fingerprint density at radius 3 is 2.70 bits per heavy atom. The number of aromatic amines is 1. The Morgan fingerprint density at radius 2 is 2.30 bits per heavy atom. The molecule has 0 saturated heterocycles. The average Bonchev–Trinajstić information content (AvgIpc) is 1.88. The summed E-state index contributed by atoms with van der Waals surface area (Å²) in [6.45, 7) is 0. The van der Waals surface area contributed by atoms with E-state index < -0.39 is 10.7 Å². The van der Waals surface area contributed by atoms with Crippen LogP contribution in [0.4, 0.5) is 0 Å². The van der Waals surface area contributed by atoms with Gasteiger partial charge in [0.25, 0.3) is 5.56 Å². The average molecular weight is 155 g/mol. The van der Waals surface area contributed by atoms with Crippen LogP contribution in [0.3, 0.4) is 0 Å². The van der Waals surface area contributed by atoms with Crippen LogP contribution in [0.1, 0.15) is 10.4 Å². The Bertz CT molecular complexity index is 305. The summed E-state index contributed by atoms with van der Waals surface area (Å²) in [5.74, 6) is 0. The number of thiol groups is 1. The predicted octanol–water partition coefficient (Wildman–Crippen LogP) is 0.445. The molecule has 0 fully saturated rings. The minimum Gasteiger partial charge on any atom is -0.328 e. The maximum absolute atomic E-state index is 10.7. The number of hydrogen-bond donors (Lipinski definition) is 2. The van der Waals surface area contributed by atoms with Crippen LogP contribution in [-0.4, -0.2) is 10.1 Å². The van der Waals surface area contributed by atoms with Crippen molar-refractivity contribution in [2.45, 2.75) is 0 Å². The molecule has 0 atom stereocenters. The molecule has 1 aromatic heterocycles. The second-order valence-corrected chi connectivity index (χ2v) is 2.12. The van der Waals surface area contributed by atoms with Crippen molar-refractivity contribution >= 4 is 17.7 Å². The van der Waals surface area contributed by atoms with E-state index in [1.54, 1.807) is 6.07 Å². The van der Waals surface area contributed by atoms with Gasteiger partial charge in [0.2, 0.25) is 5.12 Å². The van der Waals surface area contributed by atoms with E-state index >= 15 is 0 Å². The zero-order chi connectivity index (χ0) is 7.56. The van der Waals surface area contributed by atoms with Gasteiger partial charge in [-0.15, -0.1) is 12.6 Å². The Balaban J connectivity index is 3.29. The molecule has 0 aromatic carbocycles. The van der Waals surface area contributed by atoms with Gasteiger partial charge in [-0.25, -0.2) is 0 Å². The topological polar surface area (TPSA) is 49.9 Å². The molecule has 0 aliphatic heterocycles. The highest BCUT2D eigenvalue weighted by molar-refractivity contribution is 7.97. The van der Waals surface area contributed by atoms with Crippen LogP contribution >= 0.6 is 12.6 Å². The van der Waals surface area contributed by atoms with Crippen LogP contribution in [-0.2, 0) is 0 Å². The van der Waals surface area contributed by atoms with Crippen molar-refractivity contribution < 1.29 is 4.79 Å². The van der Waals surface area contributed by atoms with Gasteiger partial charge >= 0.3 is 0 Å². The van der Waals surface area contributed by atoms with Crippen LogP contribution in [0.15, 0.2) is 23.1 Å². The molecule has 0 bridgehead atoms. The summed E-state index contributed by atoms with van der Waals surface area (Å²) >= 11 is 3.50. The summed E-state index contributed by atoms with van der Waals surface area (Å²) in [5.41, 5.74) is -0.326. The fourth-order valence-corrected chi connectivity index (χ4v) is 0.766. The molecule has 1 aromatic rings. The molecule has 3 nitrogen and oxygen atoms in total. The van der Waals surface area contributed by atoms with E-state index in [9.17, 15) is 9.59 Å². The van der Waals surface area contributed by atoms with E-state index in [1.807, 2.05) is 0 Å². The minimum atomic E-state index is -0.512. The Morgan fingerprint density at radius 1 is 1.60 bits per heavy atom. The largest absolute Gasteiger partial charge is 0.328 e. The molecule has 0 saturated carbocycles. The van der Waals surface area contributed by atoms with Gasteiger partial charge in [0.1, 0.15) is 0 Å². The number of carbonyl (C=O) groups excluding carboxylic acids is 1. The summed E-state index contributed by atoms with van der Waals surface area (Å²) < 4.78 is 0. The third kappa shape index (κ3) is 1.27. The van der Waals surface area contributed by atoms with E-state index in [0.717, 1.165) is 0 Å². The molecule has 4 heteroatoms. The number of rotatable bonds is 1. The summed E-state index contributed by atoms with van der Waals surface area (Å²) in [7, 11) is 0. The number of aromatic nitrogens is 1. The van der Waals surface area contributed by atoms with Crippen molar-refractivity contribution in [1.82, 2.24) is 4.98 Å². The van der Waals surface area contributed by atoms with Crippen LogP contribution in [0, 0.1) is 0 Å². The first-order valence-electron chi connectivity index (χ1n) is 2.63. The summed E-state index contributed by atoms with van der Waals surface area (Å²) in [4.78, 5) is 23.6. The number of H-pyrrole nitrogens is 1. The second kappa shape index (κ2) is 2.70. The van der Waals surface area contributed by atoms with Crippen molar-refractivity contribution in [3.8, 4) is 0 Å². The monoisotopic (exact) mass is 155 g/mol. The van der Waals surface area contributed by atoms with Gasteiger partial charge < -0.3 is 4.98 Å². The van der Waals surface area contributed by atoms with Crippen LogP contribution in [0.5, 0.6) is 0 Å². The smallest absolute Gasteiger partial charge is 0.259 e. The molecule has 10 heavy (non-hydrogen) atoms. The maximum Gasteiger partial charge on any atom is 0.259 e. The SMILES string of the molecule is O=C(S)c1ccc[nH]c1=O. The van der Waals surface area contributed by atoms with Gasteiger partial charge in [-0.1, -0.05) is 0 Å². The second-order valence-electron chi connectivity index (χ2n) is 1.72. The molecule has 0 aliphatic carbocycles. The molecular formula is C6H5NO2S. The van der Waals surface area contributed by atoms with Gasteiger partial charge in [-0.3, -0.25) is 9.59 Å². The molecule has 1 heterocycles. The first-order valence-corrected chi connectivity index (χ1v) is 3.07. The number of nitrogens with one attached hydrogen (secondary N) is 1. The molecule has 1 N–H and O–H groups in total. The lowest BCUT2D eigenvalue weighted by Gasteiger charge is -1.88. The first kappa shape index (κ1) is 7.08. The normalized spacial score (nSPS) is 9.30. The van der Waals surface area contributed by atoms with Gasteiger partial charge in [0.15, 0.2) is 0 Å². The molecule has 0 unspecified atom stereocenters. The van der Waals surface area contributed by atoms with Gasteiger partial charge in [0, 0.05) is 6.20 Å². The lowest BCUT2D eigenvalue weighted by molar-refractivity contribution is 0.109. The van der Waals surface area contributed by atoms with Gasteiger partial charge in [-0.05, 0) is 12.1 Å². The molecule has 0 aliphatic rings. The predicted molar refractivity (Wildman–Crippen MR) is 40.4 cm³/mol. The highest BCUT2D eigenvalue weighted by Crippen LogP contribution is 1.93. The highest BCUT2D eigenvalue weighted by atomic mass is 32.1. The zero-order valence-electron chi connectivity index (χ0n) is 5.00. The Kier molecular flexibility index (Phi) is 1.91. The third-order valence-corrected chi connectivity index (χ3v) is 1.29. The van der Waals surface area contributed by atoms with E-state index in [4.69, 9.17) is 0 Å². The molecule has 0 spiro atoms. The minimum absolute atomic E-state index is 0.0748. The van der Waals surface area contributed by atoms with Crippen molar-refractivity contribution in [1.29, 1.82) is 0 Å². The zero-order valence-corrected chi connectivity index (χ0v) is 5.89. The van der Waals surface area contributed by atoms with E-state index in [1.165, 1.54) is 12.3 Å². The fourth-order valence-electron chi connectivity index (χ4n) is 0.590. The maximum atomic E-state index is 10.7. The van der Waals surface area contributed by atoms with Gasteiger partial charge in [-0.2, -0.15) is 0 Å². The van der Waals surface area contributed by atoms with Crippen molar-refractivity contribution in [3.63, 3.8) is 0 Å². The van der Waals surface area contributed by atoms with Crippen LogP contribution < -0.4 is 5.56 Å². The lowest BCUT2D eigenvalue weighted by Crippen LogP contribution is -2.12. The van der Waals surface area contributed by atoms with Crippen LogP contribution in [0.2, 0.25) is 0 Å². The first-order chi connectivity index (χ1) is 4.72. The molecule has 0 amide bonds. The molecule has 0 radical (unpaired) electrons. The number of hydrogen-bond acceptors (Lipinski definition) is 2. The fraction of sp³-hybridized carbons (Fsp3) is 0. The summed E-state index contributed by atoms with van der Waals surface area (Å²) in [6, 6.07) is 3.00. The number of carbonyl (C=O) groups is 1. The molecular weight excluding hydrogens is 150 g/mol. The molecule has 52 valence electrons. The Hall–Kier alpha value is -1.03. The third-order valence-electron chi connectivity index (χ3n) is 1.05. The Labute approximate surface area is 62.5 Å². The lowest BCUT2D eigenvalue weighted by atomic mass is 10.3. The number of pyridine rings is 1. The standard InChI is InChI=1S/C6H5NO2S/c8-5-4(6(9)10)2-1-3-7-5/h1-3H,(H,7,8)(H,9,10). The van der Waals surface area contributed by atoms with Crippen molar-refractivity contribution in [2.75, 3.05) is 0 Å². The van der Waals surface area contributed by atoms with Crippen molar-refractivity contribution in [3.05, 3.63) is 34.2 Å². The van der Waals surface area contributed by atoms with E-state index in [0.29, 0.717) is 0 Å². The highest BCUT2D eigenvalue weighted by Gasteiger charge is 2.02. The quantitative estimate of drug-likeness (QED) is 0.578. The van der Waals surface area contributed by atoms with E-state index in [-0.39, 0.29) is 5.56 Å².